The second kappa shape index (κ2) is 18.8. The minimum Gasteiger partial charge on any atom is -0.313 e. The van der Waals surface area contributed by atoms with E-state index in [0.29, 0.717) is 29.1 Å². The molecule has 272 valence electrons. The molecule has 2 N–H and O–H groups in total. The van der Waals surface area contributed by atoms with Gasteiger partial charge in [-0.05, 0) is 92.8 Å². The van der Waals surface area contributed by atoms with Gasteiger partial charge in [-0.3, -0.25) is 14.5 Å². The first-order chi connectivity index (χ1) is 24.0. The third-order valence-electron chi connectivity index (χ3n) is 9.15. The van der Waals surface area contributed by atoms with Gasteiger partial charge in [0.15, 0.2) is 0 Å². The number of hydrogen-bond acceptors (Lipinski definition) is 7. The maximum absolute atomic E-state index is 13.7. The molecular weight excluding hydrogens is 685 g/mol. The van der Waals surface area contributed by atoms with Crippen molar-refractivity contribution in [3.63, 3.8) is 0 Å². The van der Waals surface area contributed by atoms with Gasteiger partial charge >= 0.3 is 6.18 Å². The molecule has 0 spiro atoms. The number of carbonyl (C=O) groups excluding carboxylic acids is 2. The third-order valence-corrected chi connectivity index (χ3v) is 10.7. The fourth-order valence-corrected chi connectivity index (χ4v) is 7.62. The quantitative estimate of drug-likeness (QED) is 0.109. The summed E-state index contributed by atoms with van der Waals surface area (Å²) in [5.41, 5.74) is 4.35. The van der Waals surface area contributed by atoms with E-state index in [0.717, 1.165) is 106 Å². The van der Waals surface area contributed by atoms with E-state index in [1.54, 1.807) is 6.07 Å². The number of likely N-dealkylation sites (N-methyl/N-ethyl adjacent to an activating group) is 2. The summed E-state index contributed by atoms with van der Waals surface area (Å²) < 4.78 is 39.9. The maximum atomic E-state index is 13.7. The van der Waals surface area contributed by atoms with E-state index in [2.05, 4.69) is 58.2 Å². The first-order valence-electron chi connectivity index (χ1n) is 17.4. The van der Waals surface area contributed by atoms with Gasteiger partial charge in [-0.2, -0.15) is 18.3 Å². The van der Waals surface area contributed by atoms with E-state index >= 15 is 0 Å². The zero-order valence-electron chi connectivity index (χ0n) is 29.3. The number of nitrogens with one attached hydrogen (secondary N) is 2. The molecule has 0 bridgehead atoms. The van der Waals surface area contributed by atoms with Gasteiger partial charge in [0.05, 0.1) is 22.4 Å². The van der Waals surface area contributed by atoms with Crippen LogP contribution in [0.2, 0.25) is 5.02 Å². The standard InChI is InChI=1S/C37H48ClF3N6O2S/c1-5-45(6-2)18-20-47(21-19-46(7-3)8-4)25-27-12-11-13-28(22-27)34(48)43-36-33(29-14-9-10-15-32(29)50-36)35(49)44-42-24-26-16-17-31(38)30(23-26)37(39,40)41/h11-13,16-17,22-24H,5-10,14-15,18-21,25H2,1-4H3,(H,43,48)(H,44,49)/b42-24-. The lowest BCUT2D eigenvalue weighted by atomic mass is 9.95. The number of alkyl halides is 3. The minimum absolute atomic E-state index is 0.127. The van der Waals surface area contributed by atoms with Gasteiger partial charge in [0.1, 0.15) is 5.00 Å². The number of hydrogen-bond donors (Lipinski definition) is 2. The second-order valence-corrected chi connectivity index (χ2v) is 13.8. The molecule has 2 aromatic carbocycles. The fraction of sp³-hybridized carbons (Fsp3) is 0.486. The molecule has 1 heterocycles. The van der Waals surface area contributed by atoms with Gasteiger partial charge in [0, 0.05) is 43.2 Å². The summed E-state index contributed by atoms with van der Waals surface area (Å²) in [6, 6.07) is 11.0. The number of rotatable bonds is 17. The summed E-state index contributed by atoms with van der Waals surface area (Å²) in [4.78, 5) is 35.5. The van der Waals surface area contributed by atoms with E-state index < -0.39 is 22.7 Å². The van der Waals surface area contributed by atoms with E-state index in [1.165, 1.54) is 17.4 Å². The maximum Gasteiger partial charge on any atom is 0.417 e. The van der Waals surface area contributed by atoms with Crippen molar-refractivity contribution < 1.29 is 22.8 Å². The van der Waals surface area contributed by atoms with Gasteiger partial charge in [0.25, 0.3) is 11.8 Å². The molecule has 1 aliphatic rings. The fourth-order valence-electron chi connectivity index (χ4n) is 6.12. The predicted octanol–water partition coefficient (Wildman–Crippen LogP) is 7.80. The van der Waals surface area contributed by atoms with Crippen LogP contribution in [0, 0.1) is 0 Å². The summed E-state index contributed by atoms with van der Waals surface area (Å²) in [6.07, 6.45) is -0.100. The number of thiophene rings is 1. The van der Waals surface area contributed by atoms with Crippen molar-refractivity contribution in [2.24, 2.45) is 5.10 Å². The number of aryl methyl sites for hydroxylation is 1. The van der Waals surface area contributed by atoms with Crippen LogP contribution in [0.4, 0.5) is 18.2 Å². The van der Waals surface area contributed by atoms with Crippen molar-refractivity contribution >= 4 is 46.0 Å². The Balaban J connectivity index is 1.50. The lowest BCUT2D eigenvalue weighted by molar-refractivity contribution is -0.137. The Hall–Kier alpha value is -3.29. The van der Waals surface area contributed by atoms with Crippen molar-refractivity contribution in [3.8, 4) is 0 Å². The molecule has 0 fully saturated rings. The summed E-state index contributed by atoms with van der Waals surface area (Å²) in [5, 5.41) is 6.95. The lowest BCUT2D eigenvalue weighted by Gasteiger charge is -2.29. The molecule has 0 saturated heterocycles. The summed E-state index contributed by atoms with van der Waals surface area (Å²) in [6.45, 7) is 17.2. The normalized spacial score (nSPS) is 13.4. The van der Waals surface area contributed by atoms with E-state index in [9.17, 15) is 22.8 Å². The molecule has 13 heteroatoms. The Kier molecular flexibility index (Phi) is 14.9. The van der Waals surface area contributed by atoms with Crippen LogP contribution in [0.1, 0.15) is 88.4 Å². The minimum atomic E-state index is -4.62. The Morgan fingerprint density at radius 1 is 0.880 bits per heavy atom. The van der Waals surface area contributed by atoms with Crippen LogP contribution < -0.4 is 10.7 Å². The number of carbonyl (C=O) groups is 2. The average molecular weight is 733 g/mol. The van der Waals surface area contributed by atoms with Crippen LogP contribution >= 0.6 is 22.9 Å². The summed E-state index contributed by atoms with van der Waals surface area (Å²) in [7, 11) is 0. The zero-order valence-corrected chi connectivity index (χ0v) is 30.9. The Morgan fingerprint density at radius 3 is 2.16 bits per heavy atom. The Bertz CT molecular complexity index is 1600. The van der Waals surface area contributed by atoms with Gasteiger partial charge in [-0.15, -0.1) is 11.3 Å². The highest BCUT2D eigenvalue weighted by atomic mass is 35.5. The lowest BCUT2D eigenvalue weighted by Crippen LogP contribution is -2.39. The van der Waals surface area contributed by atoms with E-state index in [-0.39, 0.29) is 11.5 Å². The predicted molar refractivity (Wildman–Crippen MR) is 198 cm³/mol. The number of benzene rings is 2. The molecule has 4 rings (SSSR count). The van der Waals surface area contributed by atoms with Crippen molar-refractivity contribution in [1.29, 1.82) is 0 Å². The Labute approximate surface area is 302 Å². The van der Waals surface area contributed by atoms with Crippen molar-refractivity contribution in [2.75, 3.05) is 57.7 Å². The van der Waals surface area contributed by atoms with E-state index in [1.807, 2.05) is 18.2 Å². The number of anilines is 1. The van der Waals surface area contributed by atoms with Gasteiger partial charge < -0.3 is 15.1 Å². The molecule has 1 aromatic heterocycles. The summed E-state index contributed by atoms with van der Waals surface area (Å²) in [5.74, 6) is -0.853. The van der Waals surface area contributed by atoms with Crippen LogP contribution in [0.3, 0.4) is 0 Å². The third kappa shape index (κ3) is 10.9. The van der Waals surface area contributed by atoms with Crippen molar-refractivity contribution in [1.82, 2.24) is 20.1 Å². The number of halogens is 4. The molecule has 8 nitrogen and oxygen atoms in total. The largest absolute Gasteiger partial charge is 0.417 e. The zero-order chi connectivity index (χ0) is 36.3. The molecule has 0 atom stereocenters. The molecule has 50 heavy (non-hydrogen) atoms. The first-order valence-corrected chi connectivity index (χ1v) is 18.6. The number of fused-ring (bicyclic) bond motifs is 1. The van der Waals surface area contributed by atoms with E-state index in [4.69, 9.17) is 11.6 Å². The first kappa shape index (κ1) is 39.5. The smallest absolute Gasteiger partial charge is 0.313 e. The van der Waals surface area contributed by atoms with Crippen LogP contribution in [0.25, 0.3) is 0 Å². The SMILES string of the molecule is CCN(CC)CCN(CCN(CC)CC)Cc1cccc(C(=O)Nc2sc3c(c2C(=O)N/N=C\c2ccc(Cl)c(C(F)(F)F)c2)CCCC3)c1. The van der Waals surface area contributed by atoms with Gasteiger partial charge in [-0.1, -0.05) is 57.5 Å². The van der Waals surface area contributed by atoms with Crippen LogP contribution in [0.15, 0.2) is 47.6 Å². The van der Waals surface area contributed by atoms with Gasteiger partial charge in [0.2, 0.25) is 0 Å². The molecule has 0 saturated carbocycles. The van der Waals surface area contributed by atoms with Crippen LogP contribution in [-0.2, 0) is 25.6 Å². The number of amides is 2. The molecule has 3 aromatic rings. The molecule has 0 radical (unpaired) electrons. The molecule has 1 aliphatic carbocycles. The topological polar surface area (TPSA) is 80.3 Å². The van der Waals surface area contributed by atoms with Crippen molar-refractivity contribution in [2.45, 2.75) is 66.1 Å². The Morgan fingerprint density at radius 2 is 1.52 bits per heavy atom. The van der Waals surface area contributed by atoms with Gasteiger partial charge in [-0.25, -0.2) is 5.43 Å². The molecular formula is C37H48ClF3N6O2S. The molecule has 0 unspecified atom stereocenters. The summed E-state index contributed by atoms with van der Waals surface area (Å²) >= 11 is 7.12. The number of nitrogens with zero attached hydrogens (tertiary/aromatic N) is 4. The molecule has 2 amide bonds. The monoisotopic (exact) mass is 732 g/mol. The number of hydrazone groups is 1. The van der Waals surface area contributed by atoms with Crippen molar-refractivity contribution in [3.05, 3.63) is 85.7 Å². The molecule has 0 aliphatic heterocycles. The highest BCUT2D eigenvalue weighted by molar-refractivity contribution is 7.17. The van der Waals surface area contributed by atoms with Crippen LogP contribution in [0.5, 0.6) is 0 Å². The van der Waals surface area contributed by atoms with Crippen LogP contribution in [-0.4, -0.2) is 85.1 Å². The highest BCUT2D eigenvalue weighted by Gasteiger charge is 2.33. The average Bonchev–Trinajstić information content (AvgIpc) is 3.47. The highest BCUT2D eigenvalue weighted by Crippen LogP contribution is 2.38. The second-order valence-electron chi connectivity index (χ2n) is 12.3.